The van der Waals surface area contributed by atoms with Crippen molar-refractivity contribution in [3.8, 4) is 11.5 Å². The number of hydrogen-bond acceptors (Lipinski definition) is 9. The second-order valence-electron chi connectivity index (χ2n) is 9.06. The van der Waals surface area contributed by atoms with Crippen molar-refractivity contribution in [1.82, 2.24) is 14.7 Å². The predicted octanol–water partition coefficient (Wildman–Crippen LogP) is 2.29. The summed E-state index contributed by atoms with van der Waals surface area (Å²) in [5.74, 6) is -0.985. The fraction of sp³-hybridized carbons (Fsp3) is 0.292. The van der Waals surface area contributed by atoms with Gasteiger partial charge in [0.15, 0.2) is 17.2 Å². The third-order valence-electron chi connectivity index (χ3n) is 5.20. The van der Waals surface area contributed by atoms with Crippen molar-refractivity contribution in [3.63, 3.8) is 0 Å². The van der Waals surface area contributed by atoms with Gasteiger partial charge in [-0.05, 0) is 62.1 Å². The van der Waals surface area contributed by atoms with Gasteiger partial charge in [0.05, 0.1) is 5.69 Å². The molecule has 1 atom stereocenters. The molecule has 188 valence electrons. The molecule has 0 unspecified atom stereocenters. The van der Waals surface area contributed by atoms with E-state index in [1.54, 1.807) is 30.3 Å². The number of ether oxygens (including phenoxy) is 2. The lowest BCUT2D eigenvalue weighted by Gasteiger charge is -2.34. The van der Waals surface area contributed by atoms with E-state index < -0.39 is 29.3 Å². The molecule has 3 heterocycles. The number of aromatic nitrogens is 2. The number of amides is 3. The first-order valence-corrected chi connectivity index (χ1v) is 11.8. The second-order valence-corrected chi connectivity index (χ2v) is 9.84. The summed E-state index contributed by atoms with van der Waals surface area (Å²) in [7, 11) is 0. The largest absolute Gasteiger partial charge is 0.486 e. The number of anilines is 2. The van der Waals surface area contributed by atoms with Crippen LogP contribution in [0.2, 0.25) is 0 Å². The Morgan fingerprint density at radius 2 is 1.75 bits per heavy atom. The van der Waals surface area contributed by atoms with Gasteiger partial charge in [0.1, 0.15) is 24.1 Å². The van der Waals surface area contributed by atoms with Crippen molar-refractivity contribution in [3.05, 3.63) is 58.9 Å². The van der Waals surface area contributed by atoms with E-state index in [1.807, 2.05) is 20.8 Å². The monoisotopic (exact) mass is 510 g/mol. The number of primary amides is 1. The van der Waals surface area contributed by atoms with Crippen LogP contribution in [0.4, 0.5) is 11.4 Å². The van der Waals surface area contributed by atoms with Crippen molar-refractivity contribution in [2.24, 2.45) is 5.73 Å². The molecule has 1 aliphatic rings. The Labute approximate surface area is 211 Å². The Morgan fingerprint density at radius 3 is 2.36 bits per heavy atom. The van der Waals surface area contributed by atoms with Crippen LogP contribution in [0.15, 0.2) is 42.7 Å². The molecular formula is C24H26N6O5S. The topological polar surface area (TPSA) is 163 Å². The summed E-state index contributed by atoms with van der Waals surface area (Å²) in [6.07, 6.45) is 3.07. The summed E-state index contributed by atoms with van der Waals surface area (Å²) in [5, 5.41) is 2.95. The Balaban J connectivity index is 1.90. The fourth-order valence-corrected chi connectivity index (χ4v) is 4.45. The molecule has 2 aromatic heterocycles. The van der Waals surface area contributed by atoms with Crippen LogP contribution in [0, 0.1) is 0 Å². The third kappa shape index (κ3) is 5.08. The van der Waals surface area contributed by atoms with E-state index in [4.69, 9.17) is 20.9 Å². The zero-order chi connectivity index (χ0) is 26.0. The zero-order valence-corrected chi connectivity index (χ0v) is 20.8. The van der Waals surface area contributed by atoms with E-state index in [2.05, 4.69) is 14.7 Å². The number of benzene rings is 1. The molecule has 36 heavy (non-hydrogen) atoms. The Bertz CT molecular complexity index is 1300. The minimum absolute atomic E-state index is 0.0266. The molecule has 4 rings (SSSR count). The molecule has 5 N–H and O–H groups in total. The minimum atomic E-state index is -1.12. The maximum atomic E-state index is 14.1. The number of carbonyl (C=O) groups is 3. The molecule has 0 fully saturated rings. The number of carbonyl (C=O) groups excluding carboxylic acids is 3. The number of nitrogens with zero attached hydrogens (tertiary/aromatic N) is 3. The van der Waals surface area contributed by atoms with Crippen molar-refractivity contribution >= 4 is 40.6 Å². The standard InChI is InChI=1S/C24H26N6O5S/c1-24(2,3)28-22(32)19(13-6-8-27-9-7-13)30(14-4-5-15-16(12-14)35-11-10-34-15)23(33)20-17(25)18(21(26)31)29-36-20/h4-9,12,19H,10-11,25H2,1-3H3,(H2,26,31)(H,28,32)/t19-/m1/s1. The highest BCUT2D eigenvalue weighted by molar-refractivity contribution is 7.09. The van der Waals surface area contributed by atoms with E-state index in [0.717, 1.165) is 11.5 Å². The summed E-state index contributed by atoms with van der Waals surface area (Å²) >= 11 is 0.735. The fourth-order valence-electron chi connectivity index (χ4n) is 3.71. The average molecular weight is 511 g/mol. The van der Waals surface area contributed by atoms with Gasteiger partial charge in [-0.15, -0.1) is 0 Å². The van der Waals surface area contributed by atoms with E-state index in [-0.39, 0.29) is 16.3 Å². The lowest BCUT2D eigenvalue weighted by molar-refractivity contribution is -0.123. The number of pyridine rings is 1. The van der Waals surface area contributed by atoms with Gasteiger partial charge < -0.3 is 26.3 Å². The molecule has 0 radical (unpaired) electrons. The molecule has 0 bridgehead atoms. The first-order chi connectivity index (χ1) is 17.1. The van der Waals surface area contributed by atoms with Gasteiger partial charge in [-0.25, -0.2) is 0 Å². The molecule has 3 aromatic rings. The second kappa shape index (κ2) is 9.82. The SMILES string of the molecule is CC(C)(C)NC(=O)[C@@H](c1ccncc1)N(C(=O)c1snc(C(N)=O)c1N)c1ccc2c(c1)OCCO2. The van der Waals surface area contributed by atoms with Crippen molar-refractivity contribution in [2.75, 3.05) is 23.8 Å². The van der Waals surface area contributed by atoms with Crippen LogP contribution in [0.25, 0.3) is 0 Å². The van der Waals surface area contributed by atoms with E-state index in [9.17, 15) is 14.4 Å². The van der Waals surface area contributed by atoms with Gasteiger partial charge in [-0.2, -0.15) is 4.37 Å². The van der Waals surface area contributed by atoms with Crippen LogP contribution in [-0.4, -0.2) is 45.8 Å². The number of hydrogen-bond donors (Lipinski definition) is 3. The van der Waals surface area contributed by atoms with Crippen molar-refractivity contribution in [2.45, 2.75) is 32.4 Å². The lowest BCUT2D eigenvalue weighted by Crippen LogP contribution is -2.49. The summed E-state index contributed by atoms with van der Waals surface area (Å²) in [5.41, 5.74) is 11.4. The summed E-state index contributed by atoms with van der Waals surface area (Å²) in [6, 6.07) is 7.11. The molecule has 0 aliphatic carbocycles. The van der Waals surface area contributed by atoms with Crippen LogP contribution in [0.1, 0.15) is 52.5 Å². The van der Waals surface area contributed by atoms with Gasteiger partial charge in [-0.3, -0.25) is 24.3 Å². The molecule has 1 aromatic carbocycles. The molecule has 0 spiro atoms. The minimum Gasteiger partial charge on any atom is -0.486 e. The van der Waals surface area contributed by atoms with E-state index in [0.29, 0.717) is 36.0 Å². The number of nitrogens with two attached hydrogens (primary N) is 2. The smallest absolute Gasteiger partial charge is 0.273 e. The Morgan fingerprint density at radius 1 is 1.08 bits per heavy atom. The quantitative estimate of drug-likeness (QED) is 0.455. The Hall–Kier alpha value is -4.19. The zero-order valence-electron chi connectivity index (χ0n) is 20.0. The number of nitrogens with one attached hydrogen (secondary N) is 1. The molecule has 1 aliphatic heterocycles. The van der Waals surface area contributed by atoms with Crippen LogP contribution in [0.3, 0.4) is 0 Å². The highest BCUT2D eigenvalue weighted by Gasteiger charge is 2.37. The van der Waals surface area contributed by atoms with Gasteiger partial charge >= 0.3 is 0 Å². The van der Waals surface area contributed by atoms with Gasteiger partial charge in [0.25, 0.3) is 11.8 Å². The van der Waals surface area contributed by atoms with E-state index in [1.165, 1.54) is 17.3 Å². The average Bonchev–Trinajstić information content (AvgIpc) is 3.22. The van der Waals surface area contributed by atoms with Crippen molar-refractivity contribution in [1.29, 1.82) is 0 Å². The maximum Gasteiger partial charge on any atom is 0.273 e. The predicted molar refractivity (Wildman–Crippen MR) is 134 cm³/mol. The maximum absolute atomic E-state index is 14.1. The van der Waals surface area contributed by atoms with Crippen LogP contribution < -0.4 is 31.2 Å². The van der Waals surface area contributed by atoms with Gasteiger partial charge in [-0.1, -0.05) is 0 Å². The van der Waals surface area contributed by atoms with E-state index >= 15 is 0 Å². The summed E-state index contributed by atoms with van der Waals surface area (Å²) in [4.78, 5) is 44.8. The number of rotatable bonds is 6. The first-order valence-electron chi connectivity index (χ1n) is 11.1. The highest BCUT2D eigenvalue weighted by Crippen LogP contribution is 2.39. The first kappa shape index (κ1) is 24.9. The van der Waals surface area contributed by atoms with Crippen molar-refractivity contribution < 1.29 is 23.9 Å². The molecule has 3 amide bonds. The molecule has 0 saturated carbocycles. The van der Waals surface area contributed by atoms with Crippen LogP contribution in [-0.2, 0) is 4.79 Å². The lowest BCUT2D eigenvalue weighted by atomic mass is 10.0. The number of nitrogen functional groups attached to an aromatic ring is 1. The molecule has 0 saturated heterocycles. The summed E-state index contributed by atoms with van der Waals surface area (Å²) in [6.45, 7) is 6.25. The third-order valence-corrected chi connectivity index (χ3v) is 6.06. The van der Waals surface area contributed by atoms with Gasteiger partial charge in [0, 0.05) is 29.7 Å². The Kier molecular flexibility index (Phi) is 6.80. The summed E-state index contributed by atoms with van der Waals surface area (Å²) < 4.78 is 15.3. The number of fused-ring (bicyclic) bond motifs is 1. The normalized spacial score (nSPS) is 13.5. The molecule has 11 nitrogen and oxygen atoms in total. The van der Waals surface area contributed by atoms with Crippen LogP contribution >= 0.6 is 11.5 Å². The van der Waals surface area contributed by atoms with Gasteiger partial charge in [0.2, 0.25) is 5.91 Å². The highest BCUT2D eigenvalue weighted by atomic mass is 32.1. The molecular weight excluding hydrogens is 484 g/mol. The molecule has 12 heteroatoms. The van der Waals surface area contributed by atoms with Crippen LogP contribution in [0.5, 0.6) is 11.5 Å².